The molecule has 1 aliphatic rings. The molecule has 0 amide bonds. The lowest BCUT2D eigenvalue weighted by atomic mass is 10.0. The van der Waals surface area contributed by atoms with Gasteiger partial charge in [-0.3, -0.25) is 4.79 Å². The minimum absolute atomic E-state index is 0.109. The summed E-state index contributed by atoms with van der Waals surface area (Å²) in [5.74, 6) is 0.294. The molecule has 0 spiro atoms. The Kier molecular flexibility index (Phi) is 6.27. The number of ether oxygens (including phenoxy) is 3. The number of hydrogen-bond donors (Lipinski definition) is 1. The summed E-state index contributed by atoms with van der Waals surface area (Å²) in [6, 6.07) is 5.06. The molecular weight excluding hydrogens is 374 g/mol. The molecule has 7 nitrogen and oxygen atoms in total. The van der Waals surface area contributed by atoms with Crippen LogP contribution in [0.15, 0.2) is 29.2 Å². The molecule has 1 aromatic carbocycles. The Morgan fingerprint density at radius 1 is 1.31 bits per heavy atom. The van der Waals surface area contributed by atoms with Gasteiger partial charge >= 0.3 is 5.97 Å². The summed E-state index contributed by atoms with van der Waals surface area (Å²) in [4.78, 5) is 23.9. The molecule has 0 saturated carbocycles. The van der Waals surface area contributed by atoms with Gasteiger partial charge in [0.25, 0.3) is 0 Å². The predicted molar refractivity (Wildman–Crippen MR) is 109 cm³/mol. The Bertz CT molecular complexity index is 963. The molecule has 0 saturated heterocycles. The molecular formula is C22H27NO6. The summed E-state index contributed by atoms with van der Waals surface area (Å²) in [5, 5.41) is 9.39. The number of fused-ring (bicyclic) bond motifs is 3. The molecule has 1 atom stereocenters. The maximum atomic E-state index is 12.4. The van der Waals surface area contributed by atoms with Gasteiger partial charge in [0.15, 0.2) is 5.43 Å². The van der Waals surface area contributed by atoms with Crippen LogP contribution in [0.1, 0.15) is 42.2 Å². The minimum atomic E-state index is -1.23. The van der Waals surface area contributed by atoms with Gasteiger partial charge in [0, 0.05) is 44.0 Å². The molecule has 29 heavy (non-hydrogen) atoms. The molecule has 0 aliphatic carbocycles. The Morgan fingerprint density at radius 2 is 2.07 bits per heavy atom. The van der Waals surface area contributed by atoms with E-state index in [2.05, 4.69) is 0 Å². The van der Waals surface area contributed by atoms with Crippen LogP contribution in [0.4, 0.5) is 0 Å². The van der Waals surface area contributed by atoms with Crippen molar-refractivity contribution in [2.24, 2.45) is 5.92 Å². The third-order valence-electron chi connectivity index (χ3n) is 5.15. The van der Waals surface area contributed by atoms with Crippen molar-refractivity contribution in [1.29, 1.82) is 0 Å². The van der Waals surface area contributed by atoms with Gasteiger partial charge in [0.1, 0.15) is 23.7 Å². The second-order valence-corrected chi connectivity index (χ2v) is 7.58. The van der Waals surface area contributed by atoms with E-state index in [0.29, 0.717) is 31.3 Å². The molecule has 0 unspecified atom stereocenters. The van der Waals surface area contributed by atoms with Gasteiger partial charge in [-0.1, -0.05) is 13.8 Å². The number of rotatable bonds is 7. The summed E-state index contributed by atoms with van der Waals surface area (Å²) >= 11 is 0. The summed E-state index contributed by atoms with van der Waals surface area (Å²) in [6.07, 6.45) is 2.22. The zero-order valence-corrected chi connectivity index (χ0v) is 17.2. The highest BCUT2D eigenvalue weighted by atomic mass is 16.5. The van der Waals surface area contributed by atoms with Crippen molar-refractivity contribution in [3.8, 4) is 22.8 Å². The number of carbonyl (C=O) groups is 1. The van der Waals surface area contributed by atoms with E-state index in [1.54, 1.807) is 7.11 Å². The molecule has 2 aromatic rings. The van der Waals surface area contributed by atoms with E-state index in [-0.39, 0.29) is 17.5 Å². The lowest BCUT2D eigenvalue weighted by Gasteiger charge is -2.24. The maximum Gasteiger partial charge on any atom is 0.341 e. The van der Waals surface area contributed by atoms with Crippen molar-refractivity contribution in [2.45, 2.75) is 33.2 Å². The van der Waals surface area contributed by atoms with Crippen LogP contribution in [0.25, 0.3) is 11.3 Å². The number of hydrogen-bond acceptors (Lipinski definition) is 5. The van der Waals surface area contributed by atoms with Crippen LogP contribution in [0.2, 0.25) is 0 Å². The average Bonchev–Trinajstić information content (AvgIpc) is 2.81. The fourth-order valence-electron chi connectivity index (χ4n) is 3.50. The lowest BCUT2D eigenvalue weighted by molar-refractivity contribution is 0.0694. The van der Waals surface area contributed by atoms with Gasteiger partial charge in [-0.05, 0) is 24.5 Å². The van der Waals surface area contributed by atoms with Crippen LogP contribution < -0.4 is 14.9 Å². The first-order chi connectivity index (χ1) is 13.8. The van der Waals surface area contributed by atoms with Crippen LogP contribution in [0.3, 0.4) is 0 Å². The Labute approximate surface area is 169 Å². The number of carboxylic acids is 1. The summed E-state index contributed by atoms with van der Waals surface area (Å²) in [6.45, 7) is 7.54. The highest BCUT2D eigenvalue weighted by molar-refractivity contribution is 5.87. The van der Waals surface area contributed by atoms with Crippen LogP contribution >= 0.6 is 0 Å². The largest absolute Gasteiger partial charge is 0.493 e. The van der Waals surface area contributed by atoms with Crippen molar-refractivity contribution in [3.63, 3.8) is 0 Å². The van der Waals surface area contributed by atoms with E-state index in [9.17, 15) is 14.7 Å². The van der Waals surface area contributed by atoms with Crippen LogP contribution in [0.5, 0.6) is 11.5 Å². The SMILES string of the molecule is COCCCOc1cc2c(cc1C)-c1cc(=O)c(C(=O)O)cn1[C@H](C(C)C)CO2. The van der Waals surface area contributed by atoms with Crippen molar-refractivity contribution in [2.75, 3.05) is 26.9 Å². The molecule has 0 fully saturated rings. The molecule has 0 bridgehead atoms. The molecule has 7 heteroatoms. The van der Waals surface area contributed by atoms with Crippen LogP contribution in [0, 0.1) is 12.8 Å². The van der Waals surface area contributed by atoms with Gasteiger partial charge in [-0.2, -0.15) is 0 Å². The molecule has 156 valence electrons. The molecule has 2 heterocycles. The molecule has 1 N–H and O–H groups in total. The maximum absolute atomic E-state index is 12.4. The predicted octanol–water partition coefficient (Wildman–Crippen LogP) is 3.53. The number of pyridine rings is 1. The van der Waals surface area contributed by atoms with E-state index < -0.39 is 11.4 Å². The van der Waals surface area contributed by atoms with E-state index in [1.807, 2.05) is 37.5 Å². The molecule has 0 radical (unpaired) electrons. The van der Waals surface area contributed by atoms with Gasteiger partial charge in [-0.25, -0.2) is 4.79 Å². The van der Waals surface area contributed by atoms with Crippen molar-refractivity contribution in [1.82, 2.24) is 4.57 Å². The molecule has 1 aliphatic heterocycles. The first-order valence-corrected chi connectivity index (χ1v) is 9.72. The van der Waals surface area contributed by atoms with Gasteiger partial charge in [0.05, 0.1) is 18.3 Å². The highest BCUT2D eigenvalue weighted by Gasteiger charge is 2.27. The normalized spacial score (nSPS) is 15.3. The topological polar surface area (TPSA) is 87.0 Å². The summed E-state index contributed by atoms with van der Waals surface area (Å²) < 4.78 is 18.9. The molecule has 1 aromatic heterocycles. The van der Waals surface area contributed by atoms with E-state index in [4.69, 9.17) is 14.2 Å². The number of benzene rings is 1. The fourth-order valence-corrected chi connectivity index (χ4v) is 3.50. The van der Waals surface area contributed by atoms with Crippen LogP contribution in [-0.2, 0) is 4.74 Å². The monoisotopic (exact) mass is 401 g/mol. The van der Waals surface area contributed by atoms with Crippen molar-refractivity contribution >= 4 is 5.97 Å². The third kappa shape index (κ3) is 4.29. The van der Waals surface area contributed by atoms with E-state index in [1.165, 1.54) is 12.3 Å². The highest BCUT2D eigenvalue weighted by Crippen LogP contribution is 2.40. The molecule has 3 rings (SSSR count). The zero-order chi connectivity index (χ0) is 21.1. The smallest absolute Gasteiger partial charge is 0.341 e. The zero-order valence-electron chi connectivity index (χ0n) is 17.2. The van der Waals surface area contributed by atoms with Crippen molar-refractivity contribution in [3.05, 3.63) is 45.7 Å². The van der Waals surface area contributed by atoms with Gasteiger partial charge in [0.2, 0.25) is 0 Å². The quantitative estimate of drug-likeness (QED) is 0.715. The third-order valence-corrected chi connectivity index (χ3v) is 5.15. The van der Waals surface area contributed by atoms with E-state index in [0.717, 1.165) is 23.3 Å². The average molecular weight is 401 g/mol. The fraction of sp³-hybridized carbons (Fsp3) is 0.455. The lowest BCUT2D eigenvalue weighted by Crippen LogP contribution is -2.25. The number of aryl methyl sites for hydroxylation is 1. The summed E-state index contributed by atoms with van der Waals surface area (Å²) in [7, 11) is 1.65. The Morgan fingerprint density at radius 3 is 2.72 bits per heavy atom. The van der Waals surface area contributed by atoms with Gasteiger partial charge < -0.3 is 23.9 Å². The number of aromatic nitrogens is 1. The van der Waals surface area contributed by atoms with E-state index >= 15 is 0 Å². The first kappa shape index (κ1) is 20.9. The standard InChI is InChI=1S/C22H27NO6/c1-13(2)18-12-29-21-10-20(28-7-5-6-27-4)14(3)8-15(21)17-9-19(24)16(22(25)26)11-23(17)18/h8-11,13,18H,5-7,12H2,1-4H3,(H,25,26)/t18-/m0/s1. The van der Waals surface area contributed by atoms with Gasteiger partial charge in [-0.15, -0.1) is 0 Å². The minimum Gasteiger partial charge on any atom is -0.493 e. The number of aromatic carboxylic acids is 1. The van der Waals surface area contributed by atoms with Crippen molar-refractivity contribution < 1.29 is 24.1 Å². The Balaban J connectivity index is 2.09. The van der Waals surface area contributed by atoms with Crippen LogP contribution in [-0.4, -0.2) is 42.6 Å². The second kappa shape index (κ2) is 8.69. The number of carboxylic acid groups (broad SMARTS) is 1. The first-order valence-electron chi connectivity index (χ1n) is 9.72. The summed E-state index contributed by atoms with van der Waals surface area (Å²) in [5.41, 5.74) is 1.56. The number of nitrogens with zero attached hydrogens (tertiary/aromatic N) is 1. The Hall–Kier alpha value is -2.80. The second-order valence-electron chi connectivity index (χ2n) is 7.58. The number of methoxy groups -OCH3 is 1.